The van der Waals surface area contributed by atoms with Gasteiger partial charge in [-0.3, -0.25) is 0 Å². The van der Waals surface area contributed by atoms with E-state index in [1.165, 1.54) is 5.56 Å². The van der Waals surface area contributed by atoms with Crippen molar-refractivity contribution in [3.05, 3.63) is 53.1 Å². The number of aromatic nitrogens is 2. The van der Waals surface area contributed by atoms with Crippen LogP contribution in [0.15, 0.2) is 42.5 Å². The number of halogens is 1. The summed E-state index contributed by atoms with van der Waals surface area (Å²) >= 11 is 5.86. The van der Waals surface area contributed by atoms with Gasteiger partial charge in [-0.1, -0.05) is 23.7 Å². The van der Waals surface area contributed by atoms with E-state index in [0.717, 1.165) is 40.7 Å². The van der Waals surface area contributed by atoms with E-state index in [1.807, 2.05) is 42.5 Å². The van der Waals surface area contributed by atoms with Crippen molar-refractivity contribution < 1.29 is 0 Å². The Morgan fingerprint density at radius 3 is 2.75 bits per heavy atom. The average molecular weight is 287 g/mol. The highest BCUT2D eigenvalue weighted by molar-refractivity contribution is 6.30. The van der Waals surface area contributed by atoms with Gasteiger partial charge in [0.15, 0.2) is 0 Å². The fraction of sp³-hybridized carbons (Fsp3) is 0.133. The molecule has 0 aliphatic rings. The van der Waals surface area contributed by atoms with Crippen molar-refractivity contribution in [2.75, 3.05) is 17.6 Å². The van der Waals surface area contributed by atoms with Gasteiger partial charge in [0, 0.05) is 17.3 Å². The van der Waals surface area contributed by atoms with Crippen molar-refractivity contribution in [3.63, 3.8) is 0 Å². The standard InChI is InChI=1S/C15H15ClN4/c16-11-3-1-10(2-4-11)7-8-18-15-19-13-6-5-12(17)9-14(13)20-15/h1-6,9H,7-8,17H2,(H2,18,19,20). The van der Waals surface area contributed by atoms with Gasteiger partial charge in [-0.25, -0.2) is 4.98 Å². The second-order valence-electron chi connectivity index (χ2n) is 4.67. The lowest BCUT2D eigenvalue weighted by Gasteiger charge is -2.03. The van der Waals surface area contributed by atoms with Gasteiger partial charge in [0.1, 0.15) is 0 Å². The molecule has 0 aliphatic carbocycles. The molecule has 0 saturated heterocycles. The van der Waals surface area contributed by atoms with Crippen molar-refractivity contribution in [1.82, 2.24) is 9.97 Å². The predicted octanol–water partition coefficient (Wildman–Crippen LogP) is 3.45. The van der Waals surface area contributed by atoms with Crippen molar-refractivity contribution in [1.29, 1.82) is 0 Å². The number of imidazole rings is 1. The zero-order chi connectivity index (χ0) is 13.9. The minimum atomic E-state index is 0.730. The van der Waals surface area contributed by atoms with E-state index in [-0.39, 0.29) is 0 Å². The summed E-state index contributed by atoms with van der Waals surface area (Å²) in [5.74, 6) is 0.763. The minimum Gasteiger partial charge on any atom is -0.399 e. The number of benzene rings is 2. The summed E-state index contributed by atoms with van der Waals surface area (Å²) in [6.45, 7) is 0.803. The Morgan fingerprint density at radius 1 is 1.15 bits per heavy atom. The highest BCUT2D eigenvalue weighted by Gasteiger charge is 2.02. The van der Waals surface area contributed by atoms with E-state index >= 15 is 0 Å². The van der Waals surface area contributed by atoms with E-state index in [4.69, 9.17) is 17.3 Å². The van der Waals surface area contributed by atoms with Gasteiger partial charge in [0.05, 0.1) is 11.0 Å². The Bertz CT molecular complexity index is 718. The molecule has 0 aliphatic heterocycles. The highest BCUT2D eigenvalue weighted by Crippen LogP contribution is 2.17. The number of nitrogens with two attached hydrogens (primary N) is 1. The predicted molar refractivity (Wildman–Crippen MR) is 84.2 cm³/mol. The van der Waals surface area contributed by atoms with Crippen LogP contribution in [-0.4, -0.2) is 16.5 Å². The van der Waals surface area contributed by atoms with E-state index in [1.54, 1.807) is 0 Å². The zero-order valence-electron chi connectivity index (χ0n) is 10.9. The molecule has 102 valence electrons. The summed E-state index contributed by atoms with van der Waals surface area (Å²) in [6.07, 6.45) is 0.913. The Labute approximate surface area is 122 Å². The van der Waals surface area contributed by atoms with Crippen LogP contribution >= 0.6 is 11.6 Å². The van der Waals surface area contributed by atoms with Crippen molar-refractivity contribution in [2.45, 2.75) is 6.42 Å². The Morgan fingerprint density at radius 2 is 1.95 bits per heavy atom. The number of fused-ring (bicyclic) bond motifs is 1. The fourth-order valence-corrected chi connectivity index (χ4v) is 2.21. The Balaban J connectivity index is 1.63. The van der Waals surface area contributed by atoms with E-state index < -0.39 is 0 Å². The summed E-state index contributed by atoms with van der Waals surface area (Å²) in [6, 6.07) is 13.5. The van der Waals surface area contributed by atoms with Crippen molar-refractivity contribution in [3.8, 4) is 0 Å². The van der Waals surface area contributed by atoms with Crippen LogP contribution in [0.25, 0.3) is 11.0 Å². The quantitative estimate of drug-likeness (QED) is 0.644. The number of nitrogen functional groups attached to an aromatic ring is 1. The summed E-state index contributed by atoms with van der Waals surface area (Å²) in [7, 11) is 0. The first kappa shape index (κ1) is 12.8. The largest absolute Gasteiger partial charge is 0.399 e. The maximum atomic E-state index is 5.86. The molecule has 0 fully saturated rings. The third kappa shape index (κ3) is 2.86. The van der Waals surface area contributed by atoms with Gasteiger partial charge in [-0.05, 0) is 42.3 Å². The van der Waals surface area contributed by atoms with Crippen LogP contribution < -0.4 is 11.1 Å². The number of nitrogens with one attached hydrogen (secondary N) is 2. The highest BCUT2D eigenvalue weighted by atomic mass is 35.5. The number of rotatable bonds is 4. The van der Waals surface area contributed by atoms with E-state index in [0.29, 0.717) is 0 Å². The van der Waals surface area contributed by atoms with Crippen LogP contribution in [0.3, 0.4) is 0 Å². The third-order valence-electron chi connectivity index (χ3n) is 3.13. The van der Waals surface area contributed by atoms with E-state index in [9.17, 15) is 0 Å². The second-order valence-corrected chi connectivity index (χ2v) is 5.10. The van der Waals surface area contributed by atoms with Gasteiger partial charge < -0.3 is 16.0 Å². The van der Waals surface area contributed by atoms with Gasteiger partial charge in [0.25, 0.3) is 0 Å². The Kier molecular flexibility index (Phi) is 3.48. The van der Waals surface area contributed by atoms with Crippen molar-refractivity contribution >= 4 is 34.3 Å². The number of hydrogen-bond donors (Lipinski definition) is 3. The molecule has 0 radical (unpaired) electrons. The second kappa shape index (κ2) is 5.43. The molecule has 1 aromatic heterocycles. The molecule has 4 N–H and O–H groups in total. The molecule has 0 amide bonds. The first-order valence-electron chi connectivity index (χ1n) is 6.44. The third-order valence-corrected chi connectivity index (χ3v) is 3.38. The lowest BCUT2D eigenvalue weighted by molar-refractivity contribution is 1.000. The lowest BCUT2D eigenvalue weighted by atomic mass is 10.1. The van der Waals surface area contributed by atoms with E-state index in [2.05, 4.69) is 15.3 Å². The van der Waals surface area contributed by atoms with Crippen LogP contribution in [0, 0.1) is 0 Å². The number of nitrogens with zero attached hydrogens (tertiary/aromatic N) is 1. The lowest BCUT2D eigenvalue weighted by Crippen LogP contribution is -2.05. The molecule has 0 atom stereocenters. The maximum Gasteiger partial charge on any atom is 0.201 e. The van der Waals surface area contributed by atoms with Crippen LogP contribution in [0.5, 0.6) is 0 Å². The molecule has 3 rings (SSSR count). The zero-order valence-corrected chi connectivity index (χ0v) is 11.6. The summed E-state index contributed by atoms with van der Waals surface area (Å²) in [5.41, 5.74) is 9.56. The number of anilines is 2. The SMILES string of the molecule is Nc1ccc2nc(NCCc3ccc(Cl)cc3)[nH]c2c1. The average Bonchev–Trinajstić information content (AvgIpc) is 2.83. The van der Waals surface area contributed by atoms with Crippen LogP contribution in [-0.2, 0) is 6.42 Å². The normalized spacial score (nSPS) is 10.8. The molecule has 1 heterocycles. The monoisotopic (exact) mass is 286 g/mol. The molecule has 0 spiro atoms. The van der Waals surface area contributed by atoms with Gasteiger partial charge in [-0.2, -0.15) is 0 Å². The molecule has 5 heteroatoms. The number of H-pyrrole nitrogens is 1. The molecule has 0 unspecified atom stereocenters. The summed E-state index contributed by atoms with van der Waals surface area (Å²) in [4.78, 5) is 7.66. The number of hydrogen-bond acceptors (Lipinski definition) is 3. The first-order chi connectivity index (χ1) is 9.70. The molecule has 4 nitrogen and oxygen atoms in total. The topological polar surface area (TPSA) is 66.7 Å². The molecule has 2 aromatic carbocycles. The molecule has 20 heavy (non-hydrogen) atoms. The van der Waals surface area contributed by atoms with Gasteiger partial charge in [-0.15, -0.1) is 0 Å². The van der Waals surface area contributed by atoms with Gasteiger partial charge >= 0.3 is 0 Å². The summed E-state index contributed by atoms with van der Waals surface area (Å²) < 4.78 is 0. The first-order valence-corrected chi connectivity index (χ1v) is 6.82. The smallest absolute Gasteiger partial charge is 0.201 e. The molecular weight excluding hydrogens is 272 g/mol. The van der Waals surface area contributed by atoms with Crippen LogP contribution in [0.1, 0.15) is 5.56 Å². The fourth-order valence-electron chi connectivity index (χ4n) is 2.09. The summed E-state index contributed by atoms with van der Waals surface area (Å²) in [5, 5.41) is 4.04. The molecule has 0 bridgehead atoms. The molecular formula is C15H15ClN4. The van der Waals surface area contributed by atoms with Crippen LogP contribution in [0.2, 0.25) is 5.02 Å². The Hall–Kier alpha value is -2.20. The van der Waals surface area contributed by atoms with Crippen LogP contribution in [0.4, 0.5) is 11.6 Å². The minimum absolute atomic E-state index is 0.730. The number of aromatic amines is 1. The van der Waals surface area contributed by atoms with Gasteiger partial charge in [0.2, 0.25) is 5.95 Å². The van der Waals surface area contributed by atoms with Crippen molar-refractivity contribution in [2.24, 2.45) is 0 Å². The molecule has 0 saturated carbocycles. The maximum absolute atomic E-state index is 5.86. The molecule has 3 aromatic rings.